The maximum Gasteiger partial charge on any atom is 0.0907 e. The zero-order chi connectivity index (χ0) is 10.6. The topological polar surface area (TPSA) is 32.6 Å². The van der Waals surface area contributed by atoms with Gasteiger partial charge < -0.3 is 5.21 Å². The second-order valence-electron chi connectivity index (χ2n) is 3.19. The highest BCUT2D eigenvalue weighted by Crippen LogP contribution is 2.13. The molecule has 0 atom stereocenters. The molecule has 14 heavy (non-hydrogen) atoms. The van der Waals surface area contributed by atoms with Gasteiger partial charge in [0.05, 0.1) is 5.71 Å². The van der Waals surface area contributed by atoms with Crippen molar-refractivity contribution in [1.82, 2.24) is 0 Å². The molecular weight excluding hydrogens is 198 g/mol. The van der Waals surface area contributed by atoms with Gasteiger partial charge in [0, 0.05) is 11.4 Å². The molecule has 0 spiro atoms. The third-order valence-corrected chi connectivity index (χ3v) is 2.02. The fourth-order valence-corrected chi connectivity index (χ4v) is 1.25. The van der Waals surface area contributed by atoms with E-state index in [0.717, 1.165) is 11.1 Å². The van der Waals surface area contributed by atoms with Gasteiger partial charge in [-0.2, -0.15) is 0 Å². The van der Waals surface area contributed by atoms with Gasteiger partial charge in [-0.1, -0.05) is 41.0 Å². The Balaban J connectivity index is 2.91. The van der Waals surface area contributed by atoms with E-state index in [-0.39, 0.29) is 0 Å². The van der Waals surface area contributed by atoms with Crippen LogP contribution in [0, 0.1) is 0 Å². The van der Waals surface area contributed by atoms with E-state index in [1.165, 1.54) is 0 Å². The number of halogens is 1. The lowest BCUT2D eigenvalue weighted by molar-refractivity contribution is 0.318. The Morgan fingerprint density at radius 3 is 2.43 bits per heavy atom. The second kappa shape index (κ2) is 4.82. The molecule has 1 aromatic rings. The highest BCUT2D eigenvalue weighted by molar-refractivity contribution is 6.30. The predicted molar refractivity (Wildman–Crippen MR) is 59.2 cm³/mol. The normalized spacial score (nSPS) is 11.4. The maximum atomic E-state index is 8.81. The summed E-state index contributed by atoms with van der Waals surface area (Å²) < 4.78 is 0. The summed E-state index contributed by atoms with van der Waals surface area (Å²) in [7, 11) is 0. The van der Waals surface area contributed by atoms with Crippen LogP contribution >= 0.6 is 11.6 Å². The number of hydrogen-bond acceptors (Lipinski definition) is 2. The Kier molecular flexibility index (Phi) is 3.72. The van der Waals surface area contributed by atoms with Crippen LogP contribution in [0.5, 0.6) is 0 Å². The predicted octanol–water partition coefficient (Wildman–Crippen LogP) is 3.48. The molecule has 1 aromatic carbocycles. The summed E-state index contributed by atoms with van der Waals surface area (Å²) in [6.45, 7) is 5.66. The molecule has 0 aliphatic carbocycles. The van der Waals surface area contributed by atoms with Gasteiger partial charge in [0.15, 0.2) is 0 Å². The Morgan fingerprint density at radius 2 is 2.00 bits per heavy atom. The van der Waals surface area contributed by atoms with Crippen molar-refractivity contribution >= 4 is 17.3 Å². The number of allylic oxidation sites excluding steroid dienone is 1. The molecule has 1 N–H and O–H groups in total. The highest BCUT2D eigenvalue weighted by atomic mass is 35.5. The first-order valence-corrected chi connectivity index (χ1v) is 4.62. The van der Waals surface area contributed by atoms with E-state index >= 15 is 0 Å². The molecule has 0 aromatic heterocycles. The lowest BCUT2D eigenvalue weighted by atomic mass is 10.0. The van der Waals surface area contributed by atoms with Gasteiger partial charge in [-0.3, -0.25) is 0 Å². The standard InChI is InChI=1S/C11H12ClNO/c1-8(2)7-11(13-14)9-3-5-10(12)6-4-9/h3-6,14H,1,7H2,2H3/b13-11+. The minimum atomic E-state index is 0.568. The van der Waals surface area contributed by atoms with Crippen molar-refractivity contribution in [2.75, 3.05) is 0 Å². The summed E-state index contributed by atoms with van der Waals surface area (Å²) >= 11 is 5.75. The third kappa shape index (κ3) is 2.89. The van der Waals surface area contributed by atoms with Gasteiger partial charge in [0.1, 0.15) is 0 Å². The molecule has 0 aliphatic heterocycles. The number of benzene rings is 1. The number of oxime groups is 1. The molecule has 0 fully saturated rings. The zero-order valence-corrected chi connectivity index (χ0v) is 8.75. The average molecular weight is 210 g/mol. The quantitative estimate of drug-likeness (QED) is 0.352. The summed E-state index contributed by atoms with van der Waals surface area (Å²) in [5, 5.41) is 12.7. The van der Waals surface area contributed by atoms with Crippen LogP contribution in [0.1, 0.15) is 18.9 Å². The van der Waals surface area contributed by atoms with Crippen molar-refractivity contribution < 1.29 is 5.21 Å². The third-order valence-electron chi connectivity index (χ3n) is 1.77. The van der Waals surface area contributed by atoms with Gasteiger partial charge in [-0.15, -0.1) is 0 Å². The lowest BCUT2D eigenvalue weighted by Gasteiger charge is -2.03. The molecule has 0 saturated heterocycles. The number of nitrogens with zero attached hydrogens (tertiary/aromatic N) is 1. The number of hydrogen-bond donors (Lipinski definition) is 1. The Bertz CT molecular complexity index is 354. The monoisotopic (exact) mass is 209 g/mol. The first-order valence-electron chi connectivity index (χ1n) is 4.24. The zero-order valence-electron chi connectivity index (χ0n) is 8.00. The van der Waals surface area contributed by atoms with Crippen molar-refractivity contribution in [1.29, 1.82) is 0 Å². The smallest absolute Gasteiger partial charge is 0.0907 e. The van der Waals surface area contributed by atoms with Crippen molar-refractivity contribution in [2.45, 2.75) is 13.3 Å². The van der Waals surface area contributed by atoms with E-state index < -0.39 is 0 Å². The molecule has 1 rings (SSSR count). The van der Waals surface area contributed by atoms with Crippen LogP contribution < -0.4 is 0 Å². The van der Waals surface area contributed by atoms with E-state index in [9.17, 15) is 0 Å². The van der Waals surface area contributed by atoms with Crippen molar-refractivity contribution in [3.63, 3.8) is 0 Å². The molecule has 0 saturated carbocycles. The van der Waals surface area contributed by atoms with E-state index in [0.29, 0.717) is 17.2 Å². The molecule has 74 valence electrons. The Morgan fingerprint density at radius 1 is 1.43 bits per heavy atom. The van der Waals surface area contributed by atoms with Gasteiger partial charge in [-0.05, 0) is 24.6 Å². The van der Waals surface area contributed by atoms with E-state index in [1.54, 1.807) is 12.1 Å². The average Bonchev–Trinajstić information content (AvgIpc) is 2.15. The first kappa shape index (κ1) is 10.8. The van der Waals surface area contributed by atoms with E-state index in [2.05, 4.69) is 11.7 Å². The van der Waals surface area contributed by atoms with Crippen LogP contribution in [0.3, 0.4) is 0 Å². The minimum absolute atomic E-state index is 0.568. The van der Waals surface area contributed by atoms with Crippen LogP contribution in [0.25, 0.3) is 0 Å². The van der Waals surface area contributed by atoms with Crippen LogP contribution in [-0.4, -0.2) is 10.9 Å². The summed E-state index contributed by atoms with van der Waals surface area (Å²) in [5.41, 5.74) is 2.42. The summed E-state index contributed by atoms with van der Waals surface area (Å²) in [5.74, 6) is 0. The van der Waals surface area contributed by atoms with Crippen LogP contribution in [0.4, 0.5) is 0 Å². The van der Waals surface area contributed by atoms with Crippen molar-refractivity contribution in [2.24, 2.45) is 5.16 Å². The van der Waals surface area contributed by atoms with Gasteiger partial charge >= 0.3 is 0 Å². The molecule has 0 bridgehead atoms. The molecular formula is C11H12ClNO. The summed E-state index contributed by atoms with van der Waals surface area (Å²) in [6, 6.07) is 7.17. The molecule has 0 amide bonds. The Hall–Kier alpha value is -1.28. The van der Waals surface area contributed by atoms with E-state index in [1.807, 2.05) is 19.1 Å². The van der Waals surface area contributed by atoms with Crippen molar-refractivity contribution in [3.8, 4) is 0 Å². The molecule has 0 aliphatic rings. The minimum Gasteiger partial charge on any atom is -0.411 e. The van der Waals surface area contributed by atoms with Gasteiger partial charge in [-0.25, -0.2) is 0 Å². The SMILES string of the molecule is C=C(C)C/C(=N\O)c1ccc(Cl)cc1. The first-order chi connectivity index (χ1) is 6.63. The summed E-state index contributed by atoms with van der Waals surface area (Å²) in [6.07, 6.45) is 0.568. The van der Waals surface area contributed by atoms with Crippen LogP contribution in [-0.2, 0) is 0 Å². The molecule has 2 nitrogen and oxygen atoms in total. The second-order valence-corrected chi connectivity index (χ2v) is 3.62. The van der Waals surface area contributed by atoms with Gasteiger partial charge in [0.25, 0.3) is 0 Å². The van der Waals surface area contributed by atoms with Crippen LogP contribution in [0.2, 0.25) is 5.02 Å². The van der Waals surface area contributed by atoms with Crippen molar-refractivity contribution in [3.05, 3.63) is 47.0 Å². The highest BCUT2D eigenvalue weighted by Gasteiger charge is 2.03. The van der Waals surface area contributed by atoms with Gasteiger partial charge in [0.2, 0.25) is 0 Å². The largest absolute Gasteiger partial charge is 0.411 e. The summed E-state index contributed by atoms with van der Waals surface area (Å²) in [4.78, 5) is 0. The fourth-order valence-electron chi connectivity index (χ4n) is 1.12. The molecule has 0 heterocycles. The number of rotatable bonds is 3. The Labute approximate surface area is 88.5 Å². The van der Waals surface area contributed by atoms with E-state index in [4.69, 9.17) is 16.8 Å². The molecule has 3 heteroatoms. The maximum absolute atomic E-state index is 8.81. The fraction of sp³-hybridized carbons (Fsp3) is 0.182. The van der Waals surface area contributed by atoms with Crippen LogP contribution in [0.15, 0.2) is 41.6 Å². The molecule has 0 unspecified atom stereocenters. The lowest BCUT2D eigenvalue weighted by Crippen LogP contribution is -2.00. The molecule has 0 radical (unpaired) electrons.